The Balaban J connectivity index is 1.57. The quantitative estimate of drug-likeness (QED) is 0.202. The molecule has 220 valence electrons. The second kappa shape index (κ2) is 12.9. The number of hydrogen-bond acceptors (Lipinski definition) is 3. The van der Waals surface area contributed by atoms with E-state index in [2.05, 4.69) is 4.98 Å². The highest BCUT2D eigenvalue weighted by Gasteiger charge is 2.33. The lowest BCUT2D eigenvalue weighted by Gasteiger charge is -2.34. The third kappa shape index (κ3) is 6.75. The van der Waals surface area contributed by atoms with E-state index in [0.29, 0.717) is 11.4 Å². The molecule has 0 saturated heterocycles. The topological polar surface area (TPSA) is 65.6 Å². The number of amides is 2. The van der Waals surface area contributed by atoms with Crippen LogP contribution in [0, 0.1) is 18.6 Å². The zero-order valence-corrected chi connectivity index (χ0v) is 24.3. The highest BCUT2D eigenvalue weighted by molar-refractivity contribution is 6.00. The zero-order valence-electron chi connectivity index (χ0n) is 24.3. The fourth-order valence-electron chi connectivity index (χ4n) is 5.41. The van der Waals surface area contributed by atoms with E-state index < -0.39 is 23.6 Å². The van der Waals surface area contributed by atoms with Crippen molar-refractivity contribution in [1.82, 2.24) is 9.88 Å². The van der Waals surface area contributed by atoms with Gasteiger partial charge in [-0.3, -0.25) is 9.59 Å². The number of aryl methyl sites for hydroxylation is 1. The predicted octanol–water partition coefficient (Wildman–Crippen LogP) is 6.61. The zero-order chi connectivity index (χ0) is 30.5. The first-order valence-electron chi connectivity index (χ1n) is 14.0. The van der Waals surface area contributed by atoms with Gasteiger partial charge in [0.2, 0.25) is 11.8 Å². The summed E-state index contributed by atoms with van der Waals surface area (Å²) in [4.78, 5) is 34.9. The number of rotatable bonds is 10. The van der Waals surface area contributed by atoms with Gasteiger partial charge in [-0.25, -0.2) is 8.78 Å². The van der Waals surface area contributed by atoms with Crippen LogP contribution in [0.2, 0.25) is 0 Å². The molecule has 0 spiro atoms. The number of nitrogens with zero attached hydrogens (tertiary/aromatic N) is 2. The molecule has 1 heterocycles. The molecule has 1 atom stereocenters. The molecule has 4 aromatic carbocycles. The molecule has 1 unspecified atom stereocenters. The van der Waals surface area contributed by atoms with E-state index in [4.69, 9.17) is 4.74 Å². The Kier molecular flexibility index (Phi) is 8.85. The van der Waals surface area contributed by atoms with Crippen molar-refractivity contribution in [3.63, 3.8) is 0 Å². The van der Waals surface area contributed by atoms with Crippen LogP contribution in [0.5, 0.6) is 5.75 Å². The van der Waals surface area contributed by atoms with Gasteiger partial charge < -0.3 is 19.5 Å². The Morgan fingerprint density at radius 3 is 2.19 bits per heavy atom. The van der Waals surface area contributed by atoms with Crippen LogP contribution in [-0.4, -0.2) is 41.9 Å². The number of benzene rings is 4. The molecule has 0 aliphatic heterocycles. The van der Waals surface area contributed by atoms with E-state index in [1.165, 1.54) is 21.9 Å². The molecule has 1 N–H and O–H groups in total. The molecule has 0 radical (unpaired) electrons. The summed E-state index contributed by atoms with van der Waals surface area (Å²) in [5.41, 5.74) is 4.29. The average molecular weight is 582 g/mol. The highest BCUT2D eigenvalue weighted by atomic mass is 19.1. The smallest absolute Gasteiger partial charge is 0.249 e. The second-order valence-electron chi connectivity index (χ2n) is 10.6. The number of aromatic nitrogens is 1. The van der Waals surface area contributed by atoms with Gasteiger partial charge in [-0.05, 0) is 66.1 Å². The maximum Gasteiger partial charge on any atom is 0.249 e. The minimum atomic E-state index is -1.06. The Hall–Kier alpha value is -4.98. The van der Waals surface area contributed by atoms with Crippen molar-refractivity contribution >= 4 is 28.4 Å². The summed E-state index contributed by atoms with van der Waals surface area (Å²) in [5, 5.41) is 0.929. The SMILES string of the molecule is COc1ccc(N(C)C(=O)C(Cc2cc(F)cc(F)c2)N(Cc2ccccc2)C(=O)Cc2c(C)[nH]c3ccccc23)cc1. The first-order chi connectivity index (χ1) is 20.7. The number of methoxy groups -OCH3 is 1. The summed E-state index contributed by atoms with van der Waals surface area (Å²) in [7, 11) is 3.18. The van der Waals surface area contributed by atoms with Crippen molar-refractivity contribution in [3.05, 3.63) is 131 Å². The Morgan fingerprint density at radius 1 is 0.860 bits per heavy atom. The largest absolute Gasteiger partial charge is 0.497 e. The van der Waals surface area contributed by atoms with Crippen LogP contribution in [0.3, 0.4) is 0 Å². The number of aromatic amines is 1. The van der Waals surface area contributed by atoms with Crippen LogP contribution < -0.4 is 9.64 Å². The normalized spacial score (nSPS) is 11.7. The summed E-state index contributed by atoms with van der Waals surface area (Å²) in [5.74, 6) is -1.55. The number of anilines is 1. The van der Waals surface area contributed by atoms with Crippen LogP contribution in [-0.2, 0) is 29.0 Å². The van der Waals surface area contributed by atoms with E-state index in [9.17, 15) is 18.4 Å². The number of carbonyl (C=O) groups is 2. The van der Waals surface area contributed by atoms with Gasteiger partial charge in [0.05, 0.1) is 13.5 Å². The van der Waals surface area contributed by atoms with Crippen LogP contribution in [0.25, 0.3) is 10.9 Å². The molecule has 5 rings (SSSR count). The lowest BCUT2D eigenvalue weighted by molar-refractivity contribution is -0.139. The molecule has 0 bridgehead atoms. The van der Waals surface area contributed by atoms with Crippen molar-refractivity contribution < 1.29 is 23.1 Å². The van der Waals surface area contributed by atoms with Crippen LogP contribution in [0.4, 0.5) is 14.5 Å². The third-order valence-electron chi connectivity index (χ3n) is 7.67. The van der Waals surface area contributed by atoms with Gasteiger partial charge >= 0.3 is 0 Å². The van der Waals surface area contributed by atoms with Crippen molar-refractivity contribution in [1.29, 1.82) is 0 Å². The summed E-state index contributed by atoms with van der Waals surface area (Å²) in [6.45, 7) is 2.05. The van der Waals surface area contributed by atoms with E-state index in [0.717, 1.165) is 33.8 Å². The standard InChI is InChI=1S/C35H33F2N3O3/c1-23-31(30-11-7-8-12-32(30)38-23)21-34(41)40(22-24-9-5-4-6-10-24)33(19-25-17-26(36)20-27(37)18-25)35(42)39(2)28-13-15-29(43-3)16-14-28/h4-18,20,33,38H,19,21-22H2,1-3H3. The lowest BCUT2D eigenvalue weighted by Crippen LogP contribution is -2.51. The number of H-pyrrole nitrogens is 1. The van der Waals surface area contributed by atoms with Crippen LogP contribution in [0.15, 0.2) is 97.1 Å². The average Bonchev–Trinajstić information content (AvgIpc) is 3.32. The van der Waals surface area contributed by atoms with E-state index >= 15 is 0 Å². The molecular weight excluding hydrogens is 548 g/mol. The van der Waals surface area contributed by atoms with Gasteiger partial charge in [0.25, 0.3) is 0 Å². The maximum atomic E-state index is 14.3. The van der Waals surface area contributed by atoms with Crippen molar-refractivity contribution in [3.8, 4) is 5.75 Å². The maximum absolute atomic E-state index is 14.3. The number of hydrogen-bond donors (Lipinski definition) is 1. The number of ether oxygens (including phenoxy) is 1. The minimum Gasteiger partial charge on any atom is -0.497 e. The van der Waals surface area contributed by atoms with Gasteiger partial charge in [-0.1, -0.05) is 48.5 Å². The summed E-state index contributed by atoms with van der Waals surface area (Å²) >= 11 is 0. The minimum absolute atomic E-state index is 0.0379. The fourth-order valence-corrected chi connectivity index (χ4v) is 5.41. The summed E-state index contributed by atoms with van der Waals surface area (Å²) in [6, 6.07) is 26.2. The number of carbonyl (C=O) groups excluding carboxylic acids is 2. The molecule has 43 heavy (non-hydrogen) atoms. The third-order valence-corrected chi connectivity index (χ3v) is 7.67. The Morgan fingerprint density at radius 2 is 1.51 bits per heavy atom. The molecule has 0 saturated carbocycles. The van der Waals surface area contributed by atoms with Crippen LogP contribution >= 0.6 is 0 Å². The number of para-hydroxylation sites is 1. The van der Waals surface area contributed by atoms with Crippen LogP contribution in [0.1, 0.15) is 22.4 Å². The molecular formula is C35H33F2N3O3. The van der Waals surface area contributed by atoms with E-state index in [1.807, 2.05) is 61.5 Å². The summed E-state index contributed by atoms with van der Waals surface area (Å²) < 4.78 is 33.8. The number of likely N-dealkylation sites (N-methyl/N-ethyl adjacent to an activating group) is 1. The summed E-state index contributed by atoms with van der Waals surface area (Å²) in [6.07, 6.45) is -0.0460. The van der Waals surface area contributed by atoms with E-state index in [-0.39, 0.29) is 30.9 Å². The lowest BCUT2D eigenvalue weighted by atomic mass is 10.00. The molecule has 2 amide bonds. The molecule has 8 heteroatoms. The molecule has 1 aromatic heterocycles. The van der Waals surface area contributed by atoms with Crippen molar-refractivity contribution in [2.24, 2.45) is 0 Å². The van der Waals surface area contributed by atoms with Gasteiger partial charge in [0.15, 0.2) is 0 Å². The number of halogens is 2. The molecule has 6 nitrogen and oxygen atoms in total. The fraction of sp³-hybridized carbons (Fsp3) is 0.200. The predicted molar refractivity (Wildman–Crippen MR) is 164 cm³/mol. The van der Waals surface area contributed by atoms with Gasteiger partial charge in [0, 0.05) is 48.4 Å². The molecule has 0 aliphatic carbocycles. The first kappa shape index (κ1) is 29.5. The van der Waals surface area contributed by atoms with Gasteiger partial charge in [0.1, 0.15) is 23.4 Å². The van der Waals surface area contributed by atoms with Crippen molar-refractivity contribution in [2.75, 3.05) is 19.1 Å². The van der Waals surface area contributed by atoms with Gasteiger partial charge in [-0.15, -0.1) is 0 Å². The highest BCUT2D eigenvalue weighted by Crippen LogP contribution is 2.26. The van der Waals surface area contributed by atoms with E-state index in [1.54, 1.807) is 38.4 Å². The Labute approximate surface area is 249 Å². The molecule has 0 fully saturated rings. The second-order valence-corrected chi connectivity index (χ2v) is 10.6. The first-order valence-corrected chi connectivity index (χ1v) is 14.0. The monoisotopic (exact) mass is 581 g/mol. The Bertz CT molecular complexity index is 1710. The van der Waals surface area contributed by atoms with Crippen molar-refractivity contribution in [2.45, 2.75) is 32.4 Å². The molecule has 0 aliphatic rings. The number of nitrogens with one attached hydrogen (secondary N) is 1. The number of fused-ring (bicyclic) bond motifs is 1. The molecule has 5 aromatic rings. The van der Waals surface area contributed by atoms with Gasteiger partial charge in [-0.2, -0.15) is 0 Å².